The summed E-state index contributed by atoms with van der Waals surface area (Å²) in [6, 6.07) is 8.45. The normalized spacial score (nSPS) is 12.7. The van der Waals surface area contributed by atoms with Crippen molar-refractivity contribution in [2.45, 2.75) is 46.6 Å². The van der Waals surface area contributed by atoms with Gasteiger partial charge in [0.25, 0.3) is 0 Å². The first-order valence-corrected chi connectivity index (χ1v) is 6.94. The molecule has 0 bridgehead atoms. The van der Waals surface area contributed by atoms with Crippen LogP contribution in [0.25, 0.3) is 5.57 Å². The molecule has 1 atom stereocenters. The van der Waals surface area contributed by atoms with Crippen molar-refractivity contribution in [1.29, 1.82) is 0 Å². The van der Waals surface area contributed by atoms with Crippen molar-refractivity contribution in [3.8, 4) is 0 Å². The highest BCUT2D eigenvalue weighted by Crippen LogP contribution is 2.31. The summed E-state index contributed by atoms with van der Waals surface area (Å²) in [5, 5.41) is 0. The number of hydrogen-bond acceptors (Lipinski definition) is 1. The van der Waals surface area contributed by atoms with Crippen molar-refractivity contribution in [1.82, 2.24) is 0 Å². The number of allylic oxidation sites excluding steroid dienone is 1. The van der Waals surface area contributed by atoms with Gasteiger partial charge in [-0.05, 0) is 30.4 Å². The van der Waals surface area contributed by atoms with Gasteiger partial charge in [-0.1, -0.05) is 63.6 Å². The molecule has 1 rings (SSSR count). The van der Waals surface area contributed by atoms with Gasteiger partial charge in [-0.2, -0.15) is 0 Å². The molecule has 0 amide bonds. The van der Waals surface area contributed by atoms with Crippen molar-refractivity contribution in [2.24, 2.45) is 5.92 Å². The Bertz CT molecular complexity index is 379. The molecule has 100 valence electrons. The van der Waals surface area contributed by atoms with Crippen LogP contribution in [0.15, 0.2) is 30.8 Å². The van der Waals surface area contributed by atoms with E-state index in [0.717, 1.165) is 18.6 Å². The average Bonchev–Trinajstić information content (AvgIpc) is 2.34. The lowest BCUT2D eigenvalue weighted by Crippen LogP contribution is -2.13. The fourth-order valence-corrected chi connectivity index (χ4v) is 2.13. The minimum Gasteiger partial charge on any atom is -0.373 e. The predicted molar refractivity (Wildman–Crippen MR) is 79.6 cm³/mol. The molecule has 1 aromatic carbocycles. The summed E-state index contributed by atoms with van der Waals surface area (Å²) < 4.78 is 6.08. The lowest BCUT2D eigenvalue weighted by atomic mass is 9.92. The Morgan fingerprint density at radius 3 is 2.50 bits per heavy atom. The first-order chi connectivity index (χ1) is 8.57. The van der Waals surface area contributed by atoms with Gasteiger partial charge < -0.3 is 4.74 Å². The highest BCUT2D eigenvalue weighted by atomic mass is 16.5. The molecule has 18 heavy (non-hydrogen) atoms. The third kappa shape index (κ3) is 3.99. The molecule has 1 aromatic rings. The van der Waals surface area contributed by atoms with E-state index in [4.69, 9.17) is 4.74 Å². The van der Waals surface area contributed by atoms with E-state index in [9.17, 15) is 0 Å². The largest absolute Gasteiger partial charge is 0.373 e. The zero-order valence-corrected chi connectivity index (χ0v) is 12.2. The van der Waals surface area contributed by atoms with Gasteiger partial charge in [0.15, 0.2) is 0 Å². The van der Waals surface area contributed by atoms with Crippen LogP contribution in [0.1, 0.15) is 57.8 Å². The SMILES string of the molecule is C=C(C)c1ccccc1C(OCCCC)C(C)C. The molecule has 0 aliphatic heterocycles. The molecule has 0 heterocycles. The molecule has 0 N–H and O–H groups in total. The third-order valence-electron chi connectivity index (χ3n) is 3.13. The van der Waals surface area contributed by atoms with E-state index >= 15 is 0 Å². The van der Waals surface area contributed by atoms with Gasteiger partial charge in [-0.15, -0.1) is 0 Å². The molecule has 1 heteroatoms. The Kier molecular flexibility index (Phi) is 6.14. The maximum absolute atomic E-state index is 6.08. The molecule has 0 spiro atoms. The maximum Gasteiger partial charge on any atom is 0.0853 e. The van der Waals surface area contributed by atoms with Crippen molar-refractivity contribution in [3.63, 3.8) is 0 Å². The lowest BCUT2D eigenvalue weighted by molar-refractivity contribution is 0.0193. The summed E-state index contributed by atoms with van der Waals surface area (Å²) in [7, 11) is 0. The van der Waals surface area contributed by atoms with Crippen LogP contribution in [0.5, 0.6) is 0 Å². The van der Waals surface area contributed by atoms with Crippen LogP contribution in [0.2, 0.25) is 0 Å². The second-order valence-electron chi connectivity index (χ2n) is 5.26. The number of rotatable bonds is 7. The molecule has 0 aliphatic carbocycles. The molecule has 0 aromatic heterocycles. The zero-order chi connectivity index (χ0) is 13.5. The van der Waals surface area contributed by atoms with Gasteiger partial charge in [-0.25, -0.2) is 0 Å². The first-order valence-electron chi connectivity index (χ1n) is 6.94. The van der Waals surface area contributed by atoms with E-state index in [0.29, 0.717) is 5.92 Å². The van der Waals surface area contributed by atoms with Crippen LogP contribution in [-0.2, 0) is 4.74 Å². The molecule has 0 radical (unpaired) electrons. The number of hydrogen-bond donors (Lipinski definition) is 0. The maximum atomic E-state index is 6.08. The van der Waals surface area contributed by atoms with E-state index in [1.807, 2.05) is 0 Å². The summed E-state index contributed by atoms with van der Waals surface area (Å²) in [5.41, 5.74) is 3.61. The summed E-state index contributed by atoms with van der Waals surface area (Å²) in [4.78, 5) is 0. The van der Waals surface area contributed by atoms with Crippen LogP contribution < -0.4 is 0 Å². The Hall–Kier alpha value is -1.08. The summed E-state index contributed by atoms with van der Waals surface area (Å²) in [5.74, 6) is 0.474. The minimum atomic E-state index is 0.171. The van der Waals surface area contributed by atoms with Crippen LogP contribution in [0.3, 0.4) is 0 Å². The van der Waals surface area contributed by atoms with Crippen LogP contribution in [0, 0.1) is 5.92 Å². The van der Waals surface area contributed by atoms with Gasteiger partial charge in [0.2, 0.25) is 0 Å². The Balaban J connectivity index is 2.94. The monoisotopic (exact) mass is 246 g/mol. The Morgan fingerprint density at radius 2 is 1.94 bits per heavy atom. The molecule has 1 unspecified atom stereocenters. The number of benzene rings is 1. The first kappa shape index (κ1) is 15.0. The van der Waals surface area contributed by atoms with Gasteiger partial charge in [0, 0.05) is 6.61 Å². The Morgan fingerprint density at radius 1 is 1.28 bits per heavy atom. The van der Waals surface area contributed by atoms with E-state index in [1.54, 1.807) is 0 Å². The predicted octanol–water partition coefficient (Wildman–Crippen LogP) is 5.23. The van der Waals surface area contributed by atoms with Crippen molar-refractivity contribution in [3.05, 3.63) is 42.0 Å². The zero-order valence-electron chi connectivity index (χ0n) is 12.2. The molecule has 1 nitrogen and oxygen atoms in total. The van der Waals surface area contributed by atoms with E-state index < -0.39 is 0 Å². The van der Waals surface area contributed by atoms with Crippen molar-refractivity contribution in [2.75, 3.05) is 6.61 Å². The van der Waals surface area contributed by atoms with Gasteiger partial charge in [-0.3, -0.25) is 0 Å². The van der Waals surface area contributed by atoms with Crippen molar-refractivity contribution < 1.29 is 4.74 Å². The molecular formula is C17H26O. The fourth-order valence-electron chi connectivity index (χ4n) is 2.13. The highest BCUT2D eigenvalue weighted by Gasteiger charge is 2.19. The van der Waals surface area contributed by atoms with Crippen LogP contribution in [-0.4, -0.2) is 6.61 Å². The summed E-state index contributed by atoms with van der Waals surface area (Å²) >= 11 is 0. The molecule has 0 saturated carbocycles. The standard InChI is InChI=1S/C17H26O/c1-6-7-12-18-17(14(4)5)16-11-9-8-10-15(16)13(2)3/h8-11,14,17H,2,6-7,12H2,1,3-5H3. The smallest absolute Gasteiger partial charge is 0.0853 e. The van der Waals surface area contributed by atoms with E-state index in [1.165, 1.54) is 17.5 Å². The summed E-state index contributed by atoms with van der Waals surface area (Å²) in [6.07, 6.45) is 2.47. The third-order valence-corrected chi connectivity index (χ3v) is 3.13. The summed E-state index contributed by atoms with van der Waals surface area (Å²) in [6.45, 7) is 13.6. The number of ether oxygens (including phenoxy) is 1. The van der Waals surface area contributed by atoms with Crippen LogP contribution >= 0.6 is 0 Å². The Labute approximate surface area is 112 Å². The molecule has 0 aliphatic rings. The van der Waals surface area contributed by atoms with E-state index in [-0.39, 0.29) is 6.10 Å². The highest BCUT2D eigenvalue weighted by molar-refractivity contribution is 5.64. The fraction of sp³-hybridized carbons (Fsp3) is 0.529. The van der Waals surface area contributed by atoms with Gasteiger partial charge in [0.1, 0.15) is 0 Å². The molecular weight excluding hydrogens is 220 g/mol. The van der Waals surface area contributed by atoms with E-state index in [2.05, 4.69) is 58.5 Å². The lowest BCUT2D eigenvalue weighted by Gasteiger charge is -2.24. The van der Waals surface area contributed by atoms with Gasteiger partial charge >= 0.3 is 0 Å². The number of unbranched alkanes of at least 4 members (excludes halogenated alkanes) is 1. The second-order valence-corrected chi connectivity index (χ2v) is 5.26. The molecule has 0 saturated heterocycles. The van der Waals surface area contributed by atoms with Gasteiger partial charge in [0.05, 0.1) is 6.10 Å². The minimum absolute atomic E-state index is 0.171. The van der Waals surface area contributed by atoms with Crippen molar-refractivity contribution >= 4 is 5.57 Å². The quantitative estimate of drug-likeness (QED) is 0.598. The second kappa shape index (κ2) is 7.38. The topological polar surface area (TPSA) is 9.23 Å². The average molecular weight is 246 g/mol. The molecule has 0 fully saturated rings. The van der Waals surface area contributed by atoms with Crippen LogP contribution in [0.4, 0.5) is 0 Å².